The van der Waals surface area contributed by atoms with Gasteiger partial charge in [0.05, 0.1) is 29.1 Å². The van der Waals surface area contributed by atoms with E-state index in [0.29, 0.717) is 27.4 Å². The maximum absolute atomic E-state index is 12.6. The van der Waals surface area contributed by atoms with Crippen LogP contribution in [0.2, 0.25) is 5.02 Å². The molecule has 2 aromatic heterocycles. The summed E-state index contributed by atoms with van der Waals surface area (Å²) >= 11 is 7.82. The van der Waals surface area contributed by atoms with Crippen molar-refractivity contribution in [3.63, 3.8) is 0 Å². The van der Waals surface area contributed by atoms with Gasteiger partial charge in [0.15, 0.2) is 5.13 Å². The number of carbonyl (C=O) groups excluding carboxylic acids is 1. The summed E-state index contributed by atoms with van der Waals surface area (Å²) in [7, 11) is 1.54. The molecular formula is C18H16ClN3O2S. The van der Waals surface area contributed by atoms with Crippen LogP contribution in [-0.4, -0.2) is 22.6 Å². The molecule has 128 valence electrons. The third kappa shape index (κ3) is 3.27. The van der Waals surface area contributed by atoms with Crippen molar-refractivity contribution in [2.24, 2.45) is 0 Å². The highest BCUT2D eigenvalue weighted by Gasteiger charge is 2.26. The lowest BCUT2D eigenvalue weighted by molar-refractivity contribution is 0.102. The molecule has 1 aliphatic rings. The molecule has 1 aromatic carbocycles. The molecule has 1 saturated carbocycles. The second-order valence-electron chi connectivity index (χ2n) is 5.90. The van der Waals surface area contributed by atoms with Crippen molar-refractivity contribution in [1.82, 2.24) is 9.55 Å². The number of nitrogens with one attached hydrogen (secondary N) is 1. The first-order valence-corrected chi connectivity index (χ1v) is 9.19. The first kappa shape index (κ1) is 16.2. The number of anilines is 1. The monoisotopic (exact) mass is 373 g/mol. The number of aromatic nitrogens is 2. The Kier molecular flexibility index (Phi) is 4.23. The van der Waals surface area contributed by atoms with Crippen molar-refractivity contribution in [3.8, 4) is 11.4 Å². The maximum atomic E-state index is 12.6. The third-order valence-electron chi connectivity index (χ3n) is 4.13. The fourth-order valence-corrected chi connectivity index (χ4v) is 3.71. The summed E-state index contributed by atoms with van der Waals surface area (Å²) < 4.78 is 7.27. The molecule has 1 fully saturated rings. The standard InChI is InChI=1S/C18H16ClN3O2S/c1-24-16-9-15(22-6-2-3-7-22)13(19)8-12(16)17(23)21-18-20-14(10-25-18)11-4-5-11/h2-3,6-11H,4-5H2,1H3,(H,20,21,23). The molecule has 2 heterocycles. The Morgan fingerprint density at radius 3 is 2.80 bits per heavy atom. The SMILES string of the molecule is COc1cc(-n2cccc2)c(Cl)cc1C(=O)Nc1nc(C2CC2)cs1. The molecule has 4 rings (SSSR count). The summed E-state index contributed by atoms with van der Waals surface area (Å²) in [6.45, 7) is 0. The second-order valence-corrected chi connectivity index (χ2v) is 7.17. The van der Waals surface area contributed by atoms with E-state index in [9.17, 15) is 4.79 Å². The Morgan fingerprint density at radius 1 is 1.36 bits per heavy atom. The van der Waals surface area contributed by atoms with E-state index >= 15 is 0 Å². The average Bonchev–Trinajstić information content (AvgIpc) is 3.12. The first-order chi connectivity index (χ1) is 12.2. The van der Waals surface area contributed by atoms with E-state index in [1.807, 2.05) is 34.5 Å². The lowest BCUT2D eigenvalue weighted by Gasteiger charge is -2.13. The van der Waals surface area contributed by atoms with Gasteiger partial charge in [0, 0.05) is 29.8 Å². The largest absolute Gasteiger partial charge is 0.496 e. The predicted molar refractivity (Wildman–Crippen MR) is 99.4 cm³/mol. The van der Waals surface area contributed by atoms with Crippen LogP contribution < -0.4 is 10.1 Å². The molecule has 25 heavy (non-hydrogen) atoms. The molecule has 0 saturated heterocycles. The lowest BCUT2D eigenvalue weighted by atomic mass is 10.1. The zero-order chi connectivity index (χ0) is 17.4. The predicted octanol–water partition coefficient (Wildman–Crippen LogP) is 4.73. The summed E-state index contributed by atoms with van der Waals surface area (Å²) in [5.41, 5.74) is 2.20. The van der Waals surface area contributed by atoms with Gasteiger partial charge in [-0.25, -0.2) is 4.98 Å². The molecule has 1 N–H and O–H groups in total. The maximum Gasteiger partial charge on any atom is 0.261 e. The van der Waals surface area contributed by atoms with Crippen LogP contribution in [-0.2, 0) is 0 Å². The van der Waals surface area contributed by atoms with Crippen LogP contribution in [0.1, 0.15) is 34.8 Å². The zero-order valence-electron chi connectivity index (χ0n) is 13.5. The molecule has 7 heteroatoms. The Bertz CT molecular complexity index is 917. The van der Waals surface area contributed by atoms with Crippen LogP contribution >= 0.6 is 22.9 Å². The van der Waals surface area contributed by atoms with Gasteiger partial charge in [-0.3, -0.25) is 10.1 Å². The minimum absolute atomic E-state index is 0.283. The van der Waals surface area contributed by atoms with Crippen LogP contribution in [0.25, 0.3) is 5.69 Å². The number of halogens is 1. The lowest BCUT2D eigenvalue weighted by Crippen LogP contribution is -2.13. The zero-order valence-corrected chi connectivity index (χ0v) is 15.1. The Balaban J connectivity index is 1.61. The quantitative estimate of drug-likeness (QED) is 0.703. The Labute approximate surface area is 154 Å². The number of amides is 1. The number of ether oxygens (including phenoxy) is 1. The Hall–Kier alpha value is -2.31. The van der Waals surface area contributed by atoms with Gasteiger partial charge < -0.3 is 9.30 Å². The molecule has 1 aliphatic carbocycles. The highest BCUT2D eigenvalue weighted by atomic mass is 35.5. The number of nitrogens with zero attached hydrogens (tertiary/aromatic N) is 2. The second kappa shape index (κ2) is 6.54. The van der Waals surface area contributed by atoms with Crippen molar-refractivity contribution in [2.45, 2.75) is 18.8 Å². The summed E-state index contributed by atoms with van der Waals surface area (Å²) in [6.07, 6.45) is 6.13. The van der Waals surface area contributed by atoms with Crippen molar-refractivity contribution in [2.75, 3.05) is 12.4 Å². The smallest absolute Gasteiger partial charge is 0.261 e. The number of methoxy groups -OCH3 is 1. The summed E-state index contributed by atoms with van der Waals surface area (Å²) in [4.78, 5) is 17.1. The highest BCUT2D eigenvalue weighted by molar-refractivity contribution is 7.14. The van der Waals surface area contributed by atoms with E-state index in [1.54, 1.807) is 12.1 Å². The fourth-order valence-electron chi connectivity index (χ4n) is 2.66. The number of hydrogen-bond acceptors (Lipinski definition) is 4. The van der Waals surface area contributed by atoms with Crippen LogP contribution in [0, 0.1) is 0 Å². The molecule has 0 aliphatic heterocycles. The number of thiazole rings is 1. The van der Waals surface area contributed by atoms with E-state index < -0.39 is 0 Å². The van der Waals surface area contributed by atoms with E-state index in [0.717, 1.165) is 11.4 Å². The van der Waals surface area contributed by atoms with E-state index in [4.69, 9.17) is 16.3 Å². The van der Waals surface area contributed by atoms with Crippen LogP contribution in [0.5, 0.6) is 5.75 Å². The molecule has 0 radical (unpaired) electrons. The van der Waals surface area contributed by atoms with Gasteiger partial charge in [0.25, 0.3) is 5.91 Å². The number of carbonyl (C=O) groups is 1. The molecule has 0 unspecified atom stereocenters. The van der Waals surface area contributed by atoms with Crippen molar-refractivity contribution in [1.29, 1.82) is 0 Å². The summed E-state index contributed by atoms with van der Waals surface area (Å²) in [5.74, 6) is 0.741. The molecular weight excluding hydrogens is 358 g/mol. The van der Waals surface area contributed by atoms with Crippen molar-refractivity contribution in [3.05, 3.63) is 58.3 Å². The van der Waals surface area contributed by atoms with Gasteiger partial charge in [0.1, 0.15) is 5.75 Å². The molecule has 0 bridgehead atoms. The molecule has 1 amide bonds. The van der Waals surface area contributed by atoms with Gasteiger partial charge in [-0.05, 0) is 31.0 Å². The third-order valence-corrected chi connectivity index (χ3v) is 5.21. The normalized spacial score (nSPS) is 13.7. The minimum atomic E-state index is -0.283. The van der Waals surface area contributed by atoms with E-state index in [1.165, 1.54) is 31.3 Å². The van der Waals surface area contributed by atoms with Gasteiger partial charge >= 0.3 is 0 Å². The number of rotatable bonds is 5. The highest BCUT2D eigenvalue weighted by Crippen LogP contribution is 2.41. The van der Waals surface area contributed by atoms with Crippen LogP contribution in [0.4, 0.5) is 5.13 Å². The Morgan fingerprint density at radius 2 is 2.12 bits per heavy atom. The summed E-state index contributed by atoms with van der Waals surface area (Å²) in [5, 5.41) is 5.92. The van der Waals surface area contributed by atoms with E-state index in [2.05, 4.69) is 10.3 Å². The first-order valence-electron chi connectivity index (χ1n) is 7.93. The van der Waals surface area contributed by atoms with Crippen LogP contribution in [0.3, 0.4) is 0 Å². The van der Waals surface area contributed by atoms with E-state index in [-0.39, 0.29) is 5.91 Å². The van der Waals surface area contributed by atoms with Gasteiger partial charge in [-0.2, -0.15) is 0 Å². The summed E-state index contributed by atoms with van der Waals surface area (Å²) in [6, 6.07) is 7.20. The van der Waals surface area contributed by atoms with Crippen molar-refractivity contribution >= 4 is 34.0 Å². The van der Waals surface area contributed by atoms with Crippen molar-refractivity contribution < 1.29 is 9.53 Å². The van der Waals surface area contributed by atoms with Gasteiger partial charge in [-0.1, -0.05) is 11.6 Å². The fraction of sp³-hybridized carbons (Fsp3) is 0.222. The van der Waals surface area contributed by atoms with Gasteiger partial charge in [-0.15, -0.1) is 11.3 Å². The number of hydrogen-bond donors (Lipinski definition) is 1. The molecule has 3 aromatic rings. The topological polar surface area (TPSA) is 56.1 Å². The van der Waals surface area contributed by atoms with Gasteiger partial charge in [0.2, 0.25) is 0 Å². The average molecular weight is 374 g/mol. The van der Waals surface area contributed by atoms with Crippen LogP contribution in [0.15, 0.2) is 42.0 Å². The minimum Gasteiger partial charge on any atom is -0.496 e. The molecule has 5 nitrogen and oxygen atoms in total. The molecule has 0 atom stereocenters. The number of benzene rings is 1. The molecule has 0 spiro atoms.